The molecule has 3 rings (SSSR count). The highest BCUT2D eigenvalue weighted by atomic mass is 32.2. The summed E-state index contributed by atoms with van der Waals surface area (Å²) in [4.78, 5) is 11.5. The Morgan fingerprint density at radius 2 is 2.25 bits per heavy atom. The van der Waals surface area contributed by atoms with Crippen molar-refractivity contribution in [1.29, 1.82) is 0 Å². The van der Waals surface area contributed by atoms with Crippen molar-refractivity contribution in [3.63, 3.8) is 0 Å². The third-order valence-corrected chi connectivity index (χ3v) is 4.23. The Hall–Kier alpha value is -2.00. The van der Waals surface area contributed by atoms with E-state index in [1.165, 1.54) is 23.1 Å². The van der Waals surface area contributed by atoms with Gasteiger partial charge in [0.15, 0.2) is 9.99 Å². The fraction of sp³-hybridized carbons (Fsp3) is 0.182. The molecule has 0 radical (unpaired) electrons. The Bertz CT molecular complexity index is 754. The molecule has 0 saturated heterocycles. The van der Waals surface area contributed by atoms with Crippen LogP contribution in [0, 0.1) is 0 Å². The number of carbonyl (C=O) groups is 1. The van der Waals surface area contributed by atoms with E-state index >= 15 is 0 Å². The average molecular weight is 307 g/mol. The molecule has 0 saturated carbocycles. The molecule has 20 heavy (non-hydrogen) atoms. The second-order valence-corrected chi connectivity index (χ2v) is 5.80. The van der Waals surface area contributed by atoms with Crippen molar-refractivity contribution in [3.05, 3.63) is 29.4 Å². The fourth-order valence-electron chi connectivity index (χ4n) is 1.49. The SMILES string of the molecule is CCOC(=O)c1nnc(Sc2nnc3ccccn23)s1. The molecular weight excluding hydrogens is 298 g/mol. The zero-order valence-corrected chi connectivity index (χ0v) is 12.0. The van der Waals surface area contributed by atoms with E-state index in [-0.39, 0.29) is 5.01 Å². The van der Waals surface area contributed by atoms with Gasteiger partial charge in [0.25, 0.3) is 0 Å². The van der Waals surface area contributed by atoms with Crippen molar-refractivity contribution in [2.24, 2.45) is 0 Å². The maximum absolute atomic E-state index is 11.5. The molecule has 0 unspecified atom stereocenters. The summed E-state index contributed by atoms with van der Waals surface area (Å²) >= 11 is 2.48. The summed E-state index contributed by atoms with van der Waals surface area (Å²) in [5, 5.41) is 16.8. The fourth-order valence-corrected chi connectivity index (χ4v) is 3.16. The summed E-state index contributed by atoms with van der Waals surface area (Å²) in [5.74, 6) is -0.456. The quantitative estimate of drug-likeness (QED) is 0.681. The molecular formula is C11H9N5O2S2. The Morgan fingerprint density at radius 1 is 1.35 bits per heavy atom. The molecule has 0 amide bonds. The summed E-state index contributed by atoms with van der Waals surface area (Å²) in [6.07, 6.45) is 1.87. The first-order valence-electron chi connectivity index (χ1n) is 5.76. The van der Waals surface area contributed by atoms with E-state index in [9.17, 15) is 4.79 Å². The van der Waals surface area contributed by atoms with Gasteiger partial charge in [-0.1, -0.05) is 17.4 Å². The molecule has 0 aromatic carbocycles. The number of rotatable bonds is 4. The normalized spacial score (nSPS) is 10.8. The van der Waals surface area contributed by atoms with Crippen molar-refractivity contribution in [3.8, 4) is 0 Å². The van der Waals surface area contributed by atoms with Crippen LogP contribution in [0.1, 0.15) is 16.7 Å². The van der Waals surface area contributed by atoms with Gasteiger partial charge in [0.2, 0.25) is 10.2 Å². The van der Waals surface area contributed by atoms with E-state index in [0.29, 0.717) is 16.1 Å². The van der Waals surface area contributed by atoms with Crippen LogP contribution in [0.15, 0.2) is 33.9 Å². The minimum Gasteiger partial charge on any atom is -0.461 e. The molecule has 0 N–H and O–H groups in total. The highest BCUT2D eigenvalue weighted by molar-refractivity contribution is 8.00. The average Bonchev–Trinajstić information content (AvgIpc) is 3.08. The summed E-state index contributed by atoms with van der Waals surface area (Å²) in [6.45, 7) is 2.06. The number of pyridine rings is 1. The standard InChI is InChI=1S/C11H9N5O2S2/c1-2-18-9(17)8-13-15-11(19-8)20-10-14-12-7-5-3-4-6-16(7)10/h3-6H,2H2,1H3. The molecule has 7 nitrogen and oxygen atoms in total. The minimum atomic E-state index is -0.456. The van der Waals surface area contributed by atoms with Gasteiger partial charge < -0.3 is 4.74 Å². The van der Waals surface area contributed by atoms with Crippen molar-refractivity contribution in [1.82, 2.24) is 24.8 Å². The predicted molar refractivity (Wildman–Crippen MR) is 73.0 cm³/mol. The summed E-state index contributed by atoms with van der Waals surface area (Å²) in [7, 11) is 0. The summed E-state index contributed by atoms with van der Waals surface area (Å²) < 4.78 is 7.33. The molecule has 3 aromatic heterocycles. The number of hydrogen-bond donors (Lipinski definition) is 0. The molecule has 0 bridgehead atoms. The first kappa shape index (κ1) is 13.0. The highest BCUT2D eigenvalue weighted by Crippen LogP contribution is 2.29. The van der Waals surface area contributed by atoms with Crippen LogP contribution >= 0.6 is 23.1 Å². The van der Waals surface area contributed by atoms with Gasteiger partial charge in [0.05, 0.1) is 6.61 Å². The van der Waals surface area contributed by atoms with Gasteiger partial charge in [-0.05, 0) is 30.8 Å². The number of ether oxygens (including phenoxy) is 1. The lowest BCUT2D eigenvalue weighted by atomic mass is 10.5. The molecule has 0 atom stereocenters. The van der Waals surface area contributed by atoms with E-state index in [1.54, 1.807) is 6.92 Å². The third kappa shape index (κ3) is 2.49. The number of esters is 1. The zero-order valence-electron chi connectivity index (χ0n) is 10.4. The van der Waals surface area contributed by atoms with Crippen molar-refractivity contribution < 1.29 is 9.53 Å². The van der Waals surface area contributed by atoms with Crippen LogP contribution in [-0.2, 0) is 4.74 Å². The lowest BCUT2D eigenvalue weighted by Gasteiger charge is -1.95. The van der Waals surface area contributed by atoms with Crippen LogP contribution in [-0.4, -0.2) is 37.4 Å². The number of fused-ring (bicyclic) bond motifs is 1. The van der Waals surface area contributed by atoms with Crippen LogP contribution in [0.5, 0.6) is 0 Å². The molecule has 0 fully saturated rings. The smallest absolute Gasteiger partial charge is 0.369 e. The predicted octanol–water partition coefficient (Wildman–Crippen LogP) is 1.91. The Kier molecular flexibility index (Phi) is 3.61. The molecule has 0 spiro atoms. The topological polar surface area (TPSA) is 82.3 Å². The lowest BCUT2D eigenvalue weighted by molar-refractivity contribution is 0.0525. The number of hydrogen-bond acceptors (Lipinski definition) is 8. The molecule has 9 heteroatoms. The van der Waals surface area contributed by atoms with Crippen LogP contribution in [0.3, 0.4) is 0 Å². The molecule has 3 aromatic rings. The largest absolute Gasteiger partial charge is 0.461 e. The van der Waals surface area contributed by atoms with Crippen LogP contribution in [0.25, 0.3) is 5.65 Å². The van der Waals surface area contributed by atoms with Crippen molar-refractivity contribution >= 4 is 34.7 Å². The zero-order chi connectivity index (χ0) is 13.9. The van der Waals surface area contributed by atoms with Gasteiger partial charge in [-0.15, -0.1) is 20.4 Å². The molecule has 3 heterocycles. The first-order chi connectivity index (χ1) is 9.78. The monoisotopic (exact) mass is 307 g/mol. The molecule has 0 aliphatic heterocycles. The van der Waals surface area contributed by atoms with Gasteiger partial charge in [-0.3, -0.25) is 4.40 Å². The molecule has 102 valence electrons. The van der Waals surface area contributed by atoms with Gasteiger partial charge >= 0.3 is 5.97 Å². The number of carbonyl (C=O) groups excluding carboxylic acids is 1. The van der Waals surface area contributed by atoms with Gasteiger partial charge in [0.1, 0.15) is 0 Å². The first-order valence-corrected chi connectivity index (χ1v) is 7.39. The highest BCUT2D eigenvalue weighted by Gasteiger charge is 2.16. The van der Waals surface area contributed by atoms with E-state index in [0.717, 1.165) is 5.65 Å². The minimum absolute atomic E-state index is 0.239. The van der Waals surface area contributed by atoms with E-state index in [2.05, 4.69) is 20.4 Å². The van der Waals surface area contributed by atoms with E-state index in [4.69, 9.17) is 4.74 Å². The van der Waals surface area contributed by atoms with Gasteiger partial charge in [0, 0.05) is 6.20 Å². The summed E-state index contributed by atoms with van der Waals surface area (Å²) in [6, 6.07) is 5.65. The van der Waals surface area contributed by atoms with Gasteiger partial charge in [-0.2, -0.15) is 0 Å². The van der Waals surface area contributed by atoms with E-state index < -0.39 is 5.97 Å². The van der Waals surface area contributed by atoms with Crippen LogP contribution in [0.2, 0.25) is 0 Å². The maximum Gasteiger partial charge on any atom is 0.369 e. The van der Waals surface area contributed by atoms with E-state index in [1.807, 2.05) is 28.8 Å². The third-order valence-electron chi connectivity index (χ3n) is 2.32. The summed E-state index contributed by atoms with van der Waals surface area (Å²) in [5.41, 5.74) is 0.755. The Morgan fingerprint density at radius 3 is 3.10 bits per heavy atom. The molecule has 0 aliphatic rings. The van der Waals surface area contributed by atoms with Crippen molar-refractivity contribution in [2.75, 3.05) is 6.61 Å². The second kappa shape index (κ2) is 5.55. The number of nitrogens with zero attached hydrogens (tertiary/aromatic N) is 5. The van der Waals surface area contributed by atoms with Gasteiger partial charge in [-0.25, -0.2) is 4.79 Å². The maximum atomic E-state index is 11.5. The number of aromatic nitrogens is 5. The van der Waals surface area contributed by atoms with Crippen LogP contribution in [0.4, 0.5) is 0 Å². The Labute approximate surface area is 122 Å². The lowest BCUT2D eigenvalue weighted by Crippen LogP contribution is -2.03. The second-order valence-electron chi connectivity index (χ2n) is 3.61. The molecule has 0 aliphatic carbocycles. The Balaban J connectivity index is 1.83. The van der Waals surface area contributed by atoms with Crippen LogP contribution < -0.4 is 0 Å². The van der Waals surface area contributed by atoms with Crippen molar-refractivity contribution in [2.45, 2.75) is 16.4 Å².